The predicted octanol–water partition coefficient (Wildman–Crippen LogP) is 0.839. The Kier molecular flexibility index (Phi) is 4.42. The smallest absolute Gasteiger partial charge is 0.245 e. The number of carbonyl (C=O) groups is 2. The minimum Gasteiger partial charge on any atom is -0.344 e. The molecule has 20 heavy (non-hydrogen) atoms. The van der Waals surface area contributed by atoms with Crippen molar-refractivity contribution in [3.05, 3.63) is 17.5 Å². The zero-order valence-corrected chi connectivity index (χ0v) is 12.3. The van der Waals surface area contributed by atoms with Crippen molar-refractivity contribution >= 4 is 11.8 Å². The normalized spacial score (nSPS) is 19.9. The molecule has 0 saturated carbocycles. The van der Waals surface area contributed by atoms with Gasteiger partial charge < -0.3 is 10.2 Å². The third-order valence-electron chi connectivity index (χ3n) is 3.60. The molecule has 1 aromatic heterocycles. The van der Waals surface area contributed by atoms with Gasteiger partial charge in [-0.25, -0.2) is 0 Å². The fourth-order valence-electron chi connectivity index (χ4n) is 2.52. The van der Waals surface area contributed by atoms with Gasteiger partial charge in [-0.3, -0.25) is 14.3 Å². The van der Waals surface area contributed by atoms with Gasteiger partial charge in [0, 0.05) is 19.5 Å². The first-order valence-corrected chi connectivity index (χ1v) is 7.16. The lowest BCUT2D eigenvalue weighted by Crippen LogP contribution is -2.44. The van der Waals surface area contributed by atoms with E-state index in [1.54, 1.807) is 4.90 Å². The average Bonchev–Trinajstić information content (AvgIpc) is 2.73. The van der Waals surface area contributed by atoms with E-state index in [0.29, 0.717) is 25.9 Å². The summed E-state index contributed by atoms with van der Waals surface area (Å²) in [7, 11) is 0. The van der Waals surface area contributed by atoms with E-state index >= 15 is 0 Å². The number of carbonyl (C=O) groups excluding carboxylic acids is 2. The van der Waals surface area contributed by atoms with Gasteiger partial charge in [0.15, 0.2) is 0 Å². The van der Waals surface area contributed by atoms with Crippen LogP contribution in [0.5, 0.6) is 0 Å². The van der Waals surface area contributed by atoms with E-state index in [1.807, 2.05) is 31.5 Å². The highest BCUT2D eigenvalue weighted by atomic mass is 16.2. The fourth-order valence-corrected chi connectivity index (χ4v) is 2.52. The van der Waals surface area contributed by atoms with Crippen molar-refractivity contribution in [3.8, 4) is 0 Å². The van der Waals surface area contributed by atoms with Crippen molar-refractivity contribution in [2.75, 3.05) is 6.54 Å². The van der Waals surface area contributed by atoms with Gasteiger partial charge in [-0.1, -0.05) is 6.92 Å². The number of hydrogen-bond donors (Lipinski definition) is 1. The highest BCUT2D eigenvalue weighted by molar-refractivity contribution is 5.89. The zero-order chi connectivity index (χ0) is 14.7. The van der Waals surface area contributed by atoms with E-state index in [4.69, 9.17) is 0 Å². The van der Waals surface area contributed by atoms with E-state index < -0.39 is 6.04 Å². The van der Waals surface area contributed by atoms with Gasteiger partial charge in [-0.05, 0) is 26.3 Å². The Morgan fingerprint density at radius 1 is 1.40 bits per heavy atom. The molecule has 1 aliphatic heterocycles. The molecule has 2 rings (SSSR count). The molecule has 1 aromatic rings. The molecular formula is C14H22N4O2. The summed E-state index contributed by atoms with van der Waals surface area (Å²) in [4.78, 5) is 25.8. The van der Waals surface area contributed by atoms with Crippen molar-refractivity contribution in [2.24, 2.45) is 0 Å². The van der Waals surface area contributed by atoms with Crippen LogP contribution >= 0.6 is 0 Å². The Bertz CT molecular complexity index is 509. The third kappa shape index (κ3) is 3.00. The molecular weight excluding hydrogens is 256 g/mol. The number of rotatable bonds is 4. The Hall–Kier alpha value is -1.85. The first kappa shape index (κ1) is 14.6. The van der Waals surface area contributed by atoms with Crippen molar-refractivity contribution in [3.63, 3.8) is 0 Å². The van der Waals surface area contributed by atoms with Crippen LogP contribution in [0.1, 0.15) is 38.1 Å². The van der Waals surface area contributed by atoms with Crippen LogP contribution in [0.25, 0.3) is 0 Å². The van der Waals surface area contributed by atoms with Crippen LogP contribution in [-0.2, 0) is 22.7 Å². The molecule has 1 atom stereocenters. The van der Waals surface area contributed by atoms with Crippen LogP contribution in [0.2, 0.25) is 0 Å². The van der Waals surface area contributed by atoms with Gasteiger partial charge in [0.1, 0.15) is 6.04 Å². The highest BCUT2D eigenvalue weighted by Crippen LogP contribution is 2.13. The molecule has 6 nitrogen and oxygen atoms in total. The van der Waals surface area contributed by atoms with Crippen LogP contribution in [-0.4, -0.2) is 39.1 Å². The van der Waals surface area contributed by atoms with E-state index in [1.165, 1.54) is 0 Å². The van der Waals surface area contributed by atoms with Gasteiger partial charge in [-0.2, -0.15) is 5.10 Å². The molecule has 0 bridgehead atoms. The van der Waals surface area contributed by atoms with Crippen LogP contribution < -0.4 is 5.32 Å². The van der Waals surface area contributed by atoms with Gasteiger partial charge in [-0.15, -0.1) is 0 Å². The molecule has 1 unspecified atom stereocenters. The van der Waals surface area contributed by atoms with Crippen molar-refractivity contribution in [1.29, 1.82) is 0 Å². The van der Waals surface area contributed by atoms with Crippen LogP contribution in [0.15, 0.2) is 6.07 Å². The number of aromatic nitrogens is 2. The molecule has 0 aromatic carbocycles. The summed E-state index contributed by atoms with van der Waals surface area (Å²) in [5.74, 6) is -0.0484. The van der Waals surface area contributed by atoms with Crippen LogP contribution in [0, 0.1) is 6.92 Å². The van der Waals surface area contributed by atoms with Crippen molar-refractivity contribution in [1.82, 2.24) is 20.0 Å². The van der Waals surface area contributed by atoms with Crippen LogP contribution in [0.4, 0.5) is 0 Å². The molecule has 2 amide bonds. The van der Waals surface area contributed by atoms with Gasteiger partial charge in [0.25, 0.3) is 0 Å². The van der Waals surface area contributed by atoms with Crippen molar-refractivity contribution < 1.29 is 9.59 Å². The standard InChI is InChI=1S/C14H22N4O2/c1-4-12-14(20)17(7-6-13(19)15-12)9-11-8-10(3)16-18(11)5-2/h8,12H,4-7,9H2,1-3H3,(H,15,19). The summed E-state index contributed by atoms with van der Waals surface area (Å²) < 4.78 is 1.91. The second-order valence-corrected chi connectivity index (χ2v) is 5.13. The minimum atomic E-state index is -0.399. The Morgan fingerprint density at radius 3 is 2.80 bits per heavy atom. The van der Waals surface area contributed by atoms with Crippen LogP contribution in [0.3, 0.4) is 0 Å². The summed E-state index contributed by atoms with van der Waals surface area (Å²) in [6.45, 7) is 7.64. The predicted molar refractivity (Wildman–Crippen MR) is 74.9 cm³/mol. The number of nitrogens with zero attached hydrogens (tertiary/aromatic N) is 3. The molecule has 110 valence electrons. The summed E-state index contributed by atoms with van der Waals surface area (Å²) >= 11 is 0. The maximum absolute atomic E-state index is 12.4. The van der Waals surface area contributed by atoms with E-state index in [0.717, 1.165) is 17.9 Å². The highest BCUT2D eigenvalue weighted by Gasteiger charge is 2.29. The van der Waals surface area contributed by atoms with E-state index in [2.05, 4.69) is 10.4 Å². The largest absolute Gasteiger partial charge is 0.344 e. The summed E-state index contributed by atoms with van der Waals surface area (Å²) in [5.41, 5.74) is 1.97. The Labute approximate surface area is 119 Å². The zero-order valence-electron chi connectivity index (χ0n) is 12.3. The third-order valence-corrected chi connectivity index (χ3v) is 3.60. The molecule has 1 fully saturated rings. The number of aryl methyl sites for hydroxylation is 2. The first-order chi connectivity index (χ1) is 9.55. The second kappa shape index (κ2) is 6.07. The van der Waals surface area contributed by atoms with Gasteiger partial charge in [0.05, 0.1) is 17.9 Å². The molecule has 2 heterocycles. The average molecular weight is 278 g/mol. The van der Waals surface area contributed by atoms with E-state index in [-0.39, 0.29) is 11.8 Å². The topological polar surface area (TPSA) is 67.2 Å². The minimum absolute atomic E-state index is 0.000133. The quantitative estimate of drug-likeness (QED) is 0.887. The molecule has 0 radical (unpaired) electrons. The lowest BCUT2D eigenvalue weighted by molar-refractivity contribution is -0.134. The fraction of sp³-hybridized carbons (Fsp3) is 0.643. The van der Waals surface area contributed by atoms with E-state index in [9.17, 15) is 9.59 Å². The second-order valence-electron chi connectivity index (χ2n) is 5.13. The van der Waals surface area contributed by atoms with Crippen molar-refractivity contribution in [2.45, 2.75) is 52.7 Å². The monoisotopic (exact) mass is 278 g/mol. The van der Waals surface area contributed by atoms with Gasteiger partial charge in [0.2, 0.25) is 11.8 Å². The maximum Gasteiger partial charge on any atom is 0.245 e. The summed E-state index contributed by atoms with van der Waals surface area (Å²) in [5, 5.41) is 7.17. The molecule has 6 heteroatoms. The SMILES string of the molecule is CCC1NC(=O)CCN(Cc2cc(C)nn2CC)C1=O. The lowest BCUT2D eigenvalue weighted by atomic mass is 10.2. The Balaban J connectivity index is 2.18. The molecule has 0 aliphatic carbocycles. The molecule has 1 N–H and O–H groups in total. The number of amides is 2. The summed E-state index contributed by atoms with van der Waals surface area (Å²) in [6.07, 6.45) is 0.981. The number of hydrogen-bond acceptors (Lipinski definition) is 3. The molecule has 0 spiro atoms. The molecule has 1 aliphatic rings. The summed E-state index contributed by atoms with van der Waals surface area (Å²) in [6, 6.07) is 1.60. The maximum atomic E-state index is 12.4. The molecule has 1 saturated heterocycles. The number of nitrogens with one attached hydrogen (secondary N) is 1. The van der Waals surface area contributed by atoms with Gasteiger partial charge >= 0.3 is 0 Å². The lowest BCUT2D eigenvalue weighted by Gasteiger charge is -2.23. The first-order valence-electron chi connectivity index (χ1n) is 7.16. The Morgan fingerprint density at radius 2 is 2.15 bits per heavy atom.